The van der Waals surface area contributed by atoms with E-state index < -0.39 is 12.0 Å². The molecule has 1 aromatic rings. The molecule has 1 aromatic carbocycles. The van der Waals surface area contributed by atoms with E-state index >= 15 is 0 Å². The molecule has 0 saturated carbocycles. The van der Waals surface area contributed by atoms with Gasteiger partial charge in [-0.1, -0.05) is 57.0 Å². The Labute approximate surface area is 156 Å². The summed E-state index contributed by atoms with van der Waals surface area (Å²) in [5.41, 5.74) is 1.78. The molecule has 1 aliphatic heterocycles. The summed E-state index contributed by atoms with van der Waals surface area (Å²) in [4.78, 5) is 27.6. The Hall–Kier alpha value is -2.30. The van der Waals surface area contributed by atoms with Crippen LogP contribution in [0.3, 0.4) is 0 Å². The number of hydrogen-bond acceptors (Lipinski definition) is 4. The Balaban J connectivity index is 2.46. The lowest BCUT2D eigenvalue weighted by Gasteiger charge is -2.26. The van der Waals surface area contributed by atoms with Crippen LogP contribution in [0.1, 0.15) is 58.1 Å². The van der Waals surface area contributed by atoms with Crippen LogP contribution in [-0.2, 0) is 14.3 Å². The van der Waals surface area contributed by atoms with Crippen LogP contribution in [0, 0.1) is 0 Å². The largest absolute Gasteiger partial charge is 0.463 e. The summed E-state index contributed by atoms with van der Waals surface area (Å²) in [7, 11) is 0. The summed E-state index contributed by atoms with van der Waals surface area (Å²) in [6, 6.07) is 9.34. The smallest absolute Gasteiger partial charge is 0.338 e. The van der Waals surface area contributed by atoms with Crippen molar-refractivity contribution >= 4 is 11.9 Å². The molecule has 2 rings (SSSR count). The van der Waals surface area contributed by atoms with Gasteiger partial charge >= 0.3 is 5.97 Å². The molecule has 1 heterocycles. The molecule has 1 N–H and O–H groups in total. The van der Waals surface area contributed by atoms with Crippen molar-refractivity contribution < 1.29 is 14.3 Å². The number of esters is 1. The highest BCUT2D eigenvalue weighted by Gasteiger charge is 2.43. The van der Waals surface area contributed by atoms with E-state index in [1.165, 1.54) is 0 Å². The van der Waals surface area contributed by atoms with Crippen molar-refractivity contribution in [1.29, 1.82) is 0 Å². The fourth-order valence-corrected chi connectivity index (χ4v) is 3.19. The molecular formula is C21H30N2O3. The molecule has 0 fully saturated rings. The topological polar surface area (TPSA) is 58.6 Å². The molecule has 142 valence electrons. The van der Waals surface area contributed by atoms with Crippen LogP contribution in [0.5, 0.6) is 0 Å². The van der Waals surface area contributed by atoms with E-state index in [1.54, 1.807) is 11.8 Å². The van der Waals surface area contributed by atoms with Gasteiger partial charge in [0.1, 0.15) is 5.70 Å². The molecule has 1 amide bonds. The first-order valence-corrected chi connectivity index (χ1v) is 9.66. The number of rotatable bonds is 10. The summed E-state index contributed by atoms with van der Waals surface area (Å²) in [5.74, 6) is -0.515. The van der Waals surface area contributed by atoms with Crippen LogP contribution in [-0.4, -0.2) is 36.5 Å². The highest BCUT2D eigenvalue weighted by Crippen LogP contribution is 2.38. The van der Waals surface area contributed by atoms with Crippen molar-refractivity contribution in [3.63, 3.8) is 0 Å². The second-order valence-corrected chi connectivity index (χ2v) is 6.45. The van der Waals surface area contributed by atoms with Gasteiger partial charge in [-0.05, 0) is 25.3 Å². The zero-order valence-electron chi connectivity index (χ0n) is 16.1. The lowest BCUT2D eigenvalue weighted by molar-refractivity contribution is -0.139. The van der Waals surface area contributed by atoms with Gasteiger partial charge < -0.3 is 15.0 Å². The van der Waals surface area contributed by atoms with Gasteiger partial charge in [-0.3, -0.25) is 4.79 Å². The molecule has 0 saturated heterocycles. The van der Waals surface area contributed by atoms with Crippen molar-refractivity contribution in [2.45, 2.75) is 52.5 Å². The number of carbonyl (C=O) groups excluding carboxylic acids is 2. The van der Waals surface area contributed by atoms with Crippen molar-refractivity contribution in [1.82, 2.24) is 10.2 Å². The summed E-state index contributed by atoms with van der Waals surface area (Å²) in [6.07, 6.45) is 3.84. The molecule has 0 aliphatic carbocycles. The zero-order chi connectivity index (χ0) is 18.9. The lowest BCUT2D eigenvalue weighted by atomic mass is 9.99. The number of carbonyl (C=O) groups is 2. The number of nitrogens with zero attached hydrogens (tertiary/aromatic N) is 1. The number of unbranched alkanes of at least 4 members (excludes halogenated alkanes) is 2. The highest BCUT2D eigenvalue weighted by molar-refractivity contribution is 6.07. The van der Waals surface area contributed by atoms with Gasteiger partial charge in [-0.2, -0.15) is 0 Å². The molecule has 5 heteroatoms. The normalized spacial score (nSPS) is 17.0. The van der Waals surface area contributed by atoms with Gasteiger partial charge in [0.2, 0.25) is 0 Å². The average Bonchev–Trinajstić information content (AvgIpc) is 2.93. The summed E-state index contributed by atoms with van der Waals surface area (Å²) in [5, 5.41) is 3.22. The predicted molar refractivity (Wildman–Crippen MR) is 102 cm³/mol. The van der Waals surface area contributed by atoms with Gasteiger partial charge in [0.05, 0.1) is 18.2 Å². The van der Waals surface area contributed by atoms with Gasteiger partial charge in [0.25, 0.3) is 5.91 Å². The third kappa shape index (κ3) is 4.45. The molecule has 0 radical (unpaired) electrons. The number of hydrogen-bond donors (Lipinski definition) is 1. The quantitative estimate of drug-likeness (QED) is 0.513. The monoisotopic (exact) mass is 358 g/mol. The molecule has 5 nitrogen and oxygen atoms in total. The van der Waals surface area contributed by atoms with Crippen LogP contribution in [0.2, 0.25) is 0 Å². The zero-order valence-corrected chi connectivity index (χ0v) is 16.1. The third-order valence-electron chi connectivity index (χ3n) is 4.52. The second-order valence-electron chi connectivity index (χ2n) is 6.45. The molecule has 1 unspecified atom stereocenters. The van der Waals surface area contributed by atoms with Crippen molar-refractivity contribution in [2.75, 3.05) is 19.7 Å². The first kappa shape index (κ1) is 20.0. The highest BCUT2D eigenvalue weighted by atomic mass is 16.5. The van der Waals surface area contributed by atoms with Crippen molar-refractivity contribution in [3.05, 3.63) is 47.2 Å². The molecule has 26 heavy (non-hydrogen) atoms. The van der Waals surface area contributed by atoms with Crippen LogP contribution in [0.25, 0.3) is 0 Å². The molecule has 0 aromatic heterocycles. The maximum Gasteiger partial charge on any atom is 0.338 e. The Morgan fingerprint density at radius 2 is 1.81 bits per heavy atom. The van der Waals surface area contributed by atoms with Crippen LogP contribution < -0.4 is 5.32 Å². The second kappa shape index (κ2) is 10.00. The third-order valence-corrected chi connectivity index (χ3v) is 4.52. The van der Waals surface area contributed by atoms with E-state index in [2.05, 4.69) is 19.2 Å². The van der Waals surface area contributed by atoms with E-state index in [0.29, 0.717) is 24.4 Å². The fourth-order valence-electron chi connectivity index (χ4n) is 3.19. The SMILES string of the molecule is CCCCNC1=C(C(=O)OCC)C(c2ccccc2)N(CCCC)C1=O. The fraction of sp³-hybridized carbons (Fsp3) is 0.524. The van der Waals surface area contributed by atoms with Crippen LogP contribution in [0.4, 0.5) is 0 Å². The summed E-state index contributed by atoms with van der Waals surface area (Å²) in [6.45, 7) is 7.55. The molecule has 1 aliphatic rings. The van der Waals surface area contributed by atoms with Crippen LogP contribution >= 0.6 is 0 Å². The van der Waals surface area contributed by atoms with Crippen LogP contribution in [0.15, 0.2) is 41.6 Å². The Kier molecular flexibility index (Phi) is 7.70. The summed E-state index contributed by atoms with van der Waals surface area (Å²) >= 11 is 0. The predicted octanol–water partition coefficient (Wildman–Crippen LogP) is 3.58. The van der Waals surface area contributed by atoms with Gasteiger partial charge in [-0.25, -0.2) is 4.79 Å². The lowest BCUT2D eigenvalue weighted by Crippen LogP contribution is -2.33. The number of benzene rings is 1. The summed E-state index contributed by atoms with van der Waals surface area (Å²) < 4.78 is 5.30. The Bertz CT molecular complexity index is 640. The van der Waals surface area contributed by atoms with Crippen molar-refractivity contribution in [2.24, 2.45) is 0 Å². The molecule has 0 spiro atoms. The van der Waals surface area contributed by atoms with E-state index in [0.717, 1.165) is 31.2 Å². The number of ether oxygens (including phenoxy) is 1. The molecule has 1 atom stereocenters. The van der Waals surface area contributed by atoms with Gasteiger partial charge in [0.15, 0.2) is 0 Å². The standard InChI is InChI=1S/C21H30N2O3/c1-4-7-14-22-18-17(21(25)26-6-3)19(16-12-10-9-11-13-16)23(20(18)24)15-8-5-2/h9-13,19,22H,4-8,14-15H2,1-3H3. The number of amides is 1. The van der Waals surface area contributed by atoms with E-state index in [4.69, 9.17) is 4.74 Å². The van der Waals surface area contributed by atoms with Gasteiger partial charge in [-0.15, -0.1) is 0 Å². The minimum Gasteiger partial charge on any atom is -0.463 e. The Morgan fingerprint density at radius 1 is 1.12 bits per heavy atom. The molecular weight excluding hydrogens is 328 g/mol. The maximum absolute atomic E-state index is 13.1. The number of nitrogens with one attached hydrogen (secondary N) is 1. The minimum absolute atomic E-state index is 0.105. The first-order valence-electron chi connectivity index (χ1n) is 9.66. The van der Waals surface area contributed by atoms with E-state index in [-0.39, 0.29) is 12.5 Å². The first-order chi connectivity index (χ1) is 12.7. The Morgan fingerprint density at radius 3 is 2.42 bits per heavy atom. The average molecular weight is 358 g/mol. The van der Waals surface area contributed by atoms with E-state index in [1.807, 2.05) is 30.3 Å². The minimum atomic E-state index is -0.410. The maximum atomic E-state index is 13.1. The molecule has 0 bridgehead atoms. The van der Waals surface area contributed by atoms with E-state index in [9.17, 15) is 9.59 Å². The van der Waals surface area contributed by atoms with Crippen molar-refractivity contribution in [3.8, 4) is 0 Å². The van der Waals surface area contributed by atoms with Gasteiger partial charge in [0, 0.05) is 13.1 Å².